The monoisotopic (exact) mass is 264 g/mol. The largest absolute Gasteiger partial charge is 0.406 e. The normalized spacial score (nSPS) is 15.8. The average Bonchev–Trinajstić information content (AvgIpc) is 1.73. The number of hydrogen-bond acceptors (Lipinski definition) is 2. The van der Waals surface area contributed by atoms with E-state index in [1.54, 1.807) is 0 Å². The van der Waals surface area contributed by atoms with E-state index in [1.165, 1.54) is 6.04 Å². The summed E-state index contributed by atoms with van der Waals surface area (Å²) in [6.07, 6.45) is 0. The van der Waals surface area contributed by atoms with Crippen molar-refractivity contribution in [2.24, 2.45) is 5.92 Å². The minimum Gasteiger partial charge on any atom is -0.406 e. The lowest BCUT2D eigenvalue weighted by atomic mass is 10.3. The lowest BCUT2D eigenvalue weighted by molar-refractivity contribution is 0.294. The van der Waals surface area contributed by atoms with E-state index in [9.17, 15) is 0 Å². The van der Waals surface area contributed by atoms with Crippen molar-refractivity contribution in [1.82, 2.24) is 0 Å². The average molecular weight is 265 g/mol. The maximum absolute atomic E-state index is 6.26. The maximum atomic E-state index is 6.26. The van der Waals surface area contributed by atoms with Crippen LogP contribution in [0.3, 0.4) is 0 Å². The molecule has 0 aliphatic carbocycles. The van der Waals surface area contributed by atoms with Gasteiger partial charge in [-0.2, -0.15) is 11.2 Å². The topological polar surface area (TPSA) is 9.23 Å². The van der Waals surface area contributed by atoms with Crippen LogP contribution in [0.2, 0.25) is 38.8 Å². The van der Waals surface area contributed by atoms with Gasteiger partial charge < -0.3 is 4.43 Å². The van der Waals surface area contributed by atoms with Crippen molar-refractivity contribution in [1.29, 1.82) is 0 Å². The van der Waals surface area contributed by atoms with Crippen LogP contribution < -0.4 is 0 Å². The second-order valence-corrected chi connectivity index (χ2v) is 19.9. The van der Waals surface area contributed by atoms with Crippen LogP contribution in [-0.2, 0) is 4.43 Å². The molecule has 0 amide bonds. The Bertz CT molecular complexity index is 188. The van der Waals surface area contributed by atoms with Gasteiger partial charge in [0.2, 0.25) is 0 Å². The van der Waals surface area contributed by atoms with E-state index in [0.29, 0.717) is 5.44 Å². The first kappa shape index (κ1) is 15.7. The van der Waals surface area contributed by atoms with Crippen molar-refractivity contribution in [3.05, 3.63) is 0 Å². The van der Waals surface area contributed by atoms with Gasteiger partial charge in [-0.15, -0.1) is 0 Å². The van der Waals surface area contributed by atoms with Crippen LogP contribution in [0.25, 0.3) is 0 Å². The van der Waals surface area contributed by atoms with Gasteiger partial charge in [-0.1, -0.05) is 33.5 Å². The minimum atomic E-state index is -1.43. The molecule has 0 aliphatic heterocycles. The van der Waals surface area contributed by atoms with Gasteiger partial charge in [0.25, 0.3) is 0 Å². The number of rotatable bonds is 6. The molecule has 0 rings (SSSR count). The van der Waals surface area contributed by atoms with Gasteiger partial charge in [0.15, 0.2) is 8.32 Å². The van der Waals surface area contributed by atoms with E-state index in [0.717, 1.165) is 5.92 Å². The highest BCUT2D eigenvalue weighted by Gasteiger charge is 2.28. The molecule has 0 aliphatic rings. The van der Waals surface area contributed by atoms with E-state index >= 15 is 0 Å². The molecule has 0 heterocycles. The van der Waals surface area contributed by atoms with Crippen molar-refractivity contribution in [2.45, 2.75) is 65.0 Å². The first-order valence-corrected chi connectivity index (χ1v) is 14.1. The highest BCUT2D eigenvalue weighted by atomic mass is 32.4. The maximum Gasteiger partial charge on any atom is 0.188 e. The van der Waals surface area contributed by atoms with Gasteiger partial charge in [-0.25, -0.2) is 0 Å². The van der Waals surface area contributed by atoms with Gasteiger partial charge in [-0.3, -0.25) is 0 Å². The summed E-state index contributed by atoms with van der Waals surface area (Å²) in [4.78, 5) is 0. The molecule has 4 heteroatoms. The fourth-order valence-electron chi connectivity index (χ4n) is 2.00. The molecule has 0 aromatic carbocycles. The zero-order chi connectivity index (χ0) is 12.3. The van der Waals surface area contributed by atoms with Gasteiger partial charge in [-0.05, 0) is 32.0 Å². The Morgan fingerprint density at radius 3 is 1.80 bits per heavy atom. The Balaban J connectivity index is 4.10. The van der Waals surface area contributed by atoms with Crippen LogP contribution in [0.4, 0.5) is 0 Å². The standard InChI is InChI=1S/C11H28OSSi2/c1-10(2)9-15(7,8)12-11(3)13-14(4,5)6/h10-11H,9H2,1-8H3. The first-order chi connectivity index (χ1) is 6.52. The molecule has 92 valence electrons. The summed E-state index contributed by atoms with van der Waals surface area (Å²) < 4.78 is 6.26. The summed E-state index contributed by atoms with van der Waals surface area (Å²) in [6, 6.07) is 1.27. The van der Waals surface area contributed by atoms with Gasteiger partial charge >= 0.3 is 0 Å². The quantitative estimate of drug-likeness (QED) is 0.504. The molecule has 1 nitrogen and oxygen atoms in total. The highest BCUT2D eigenvalue weighted by Crippen LogP contribution is 2.29. The zero-order valence-electron chi connectivity index (χ0n) is 11.7. The first-order valence-electron chi connectivity index (χ1n) is 5.87. The van der Waals surface area contributed by atoms with E-state index in [-0.39, 0.29) is 0 Å². The Morgan fingerprint density at radius 2 is 1.47 bits per heavy atom. The second-order valence-electron chi connectivity index (χ2n) is 6.27. The van der Waals surface area contributed by atoms with Gasteiger partial charge in [0.1, 0.15) is 7.22 Å². The summed E-state index contributed by atoms with van der Waals surface area (Å²) >= 11 is 2.06. The van der Waals surface area contributed by atoms with E-state index in [1.807, 2.05) is 0 Å². The summed E-state index contributed by atoms with van der Waals surface area (Å²) in [7, 11) is -2.47. The highest BCUT2D eigenvalue weighted by molar-refractivity contribution is 8.28. The third kappa shape index (κ3) is 9.66. The lowest BCUT2D eigenvalue weighted by Crippen LogP contribution is -2.36. The van der Waals surface area contributed by atoms with Crippen LogP contribution in [-0.4, -0.2) is 21.0 Å². The molecule has 15 heavy (non-hydrogen) atoms. The van der Waals surface area contributed by atoms with E-state index < -0.39 is 15.5 Å². The molecule has 0 N–H and O–H groups in total. The molecular formula is C11H28OSSi2. The second kappa shape index (κ2) is 5.89. The molecule has 0 aromatic heterocycles. The Labute approximate surface area is 102 Å². The van der Waals surface area contributed by atoms with Crippen molar-refractivity contribution in [3.63, 3.8) is 0 Å². The third-order valence-electron chi connectivity index (χ3n) is 1.90. The van der Waals surface area contributed by atoms with Crippen LogP contribution in [0, 0.1) is 5.92 Å². The van der Waals surface area contributed by atoms with Crippen molar-refractivity contribution < 1.29 is 4.43 Å². The Morgan fingerprint density at radius 1 is 1.00 bits per heavy atom. The third-order valence-corrected chi connectivity index (χ3v) is 9.12. The molecule has 0 fully saturated rings. The summed E-state index contributed by atoms with van der Waals surface area (Å²) in [5, 5.41) is 0. The number of hydrogen-bond donors (Lipinski definition) is 0. The van der Waals surface area contributed by atoms with Gasteiger partial charge in [0.05, 0.1) is 5.44 Å². The van der Waals surface area contributed by atoms with E-state index in [4.69, 9.17) is 4.43 Å². The van der Waals surface area contributed by atoms with Crippen LogP contribution in [0.1, 0.15) is 20.8 Å². The molecule has 0 saturated carbocycles. The molecule has 0 radical (unpaired) electrons. The Hall–Kier alpha value is 0.744. The van der Waals surface area contributed by atoms with Crippen LogP contribution in [0.5, 0.6) is 0 Å². The predicted molar refractivity (Wildman–Crippen MR) is 78.6 cm³/mol. The zero-order valence-corrected chi connectivity index (χ0v) is 14.5. The summed E-state index contributed by atoms with van der Waals surface area (Å²) in [5.74, 6) is 0.760. The molecule has 1 atom stereocenters. The molecule has 0 bridgehead atoms. The smallest absolute Gasteiger partial charge is 0.188 e. The van der Waals surface area contributed by atoms with Crippen LogP contribution in [0.15, 0.2) is 0 Å². The molecule has 0 spiro atoms. The Kier molecular flexibility index (Phi) is 6.18. The summed E-state index contributed by atoms with van der Waals surface area (Å²) in [6.45, 7) is 18.6. The fraction of sp³-hybridized carbons (Fsp3) is 1.00. The molecular weight excluding hydrogens is 236 g/mol. The predicted octanol–water partition coefficient (Wildman–Crippen LogP) is 4.78. The minimum absolute atomic E-state index is 0.386. The SMILES string of the molecule is CC(C)C[Si](C)(C)OC(C)S[Si](C)(C)C. The lowest BCUT2D eigenvalue weighted by Gasteiger charge is -2.31. The van der Waals surface area contributed by atoms with Crippen molar-refractivity contribution in [3.8, 4) is 0 Å². The molecule has 0 aromatic rings. The van der Waals surface area contributed by atoms with Crippen molar-refractivity contribution >= 4 is 26.8 Å². The molecule has 0 saturated heterocycles. The van der Waals surface area contributed by atoms with Crippen molar-refractivity contribution in [2.75, 3.05) is 0 Å². The van der Waals surface area contributed by atoms with Crippen LogP contribution >= 0.6 is 11.2 Å². The fourth-order valence-corrected chi connectivity index (χ4v) is 10.4. The molecule has 1 unspecified atom stereocenters. The van der Waals surface area contributed by atoms with E-state index in [2.05, 4.69) is 64.7 Å². The van der Waals surface area contributed by atoms with Gasteiger partial charge in [0, 0.05) is 0 Å². The summed E-state index contributed by atoms with van der Waals surface area (Å²) in [5.41, 5.74) is 0.386.